The fourth-order valence-corrected chi connectivity index (χ4v) is 1.03. The lowest BCUT2D eigenvalue weighted by Gasteiger charge is -2.28. The molecule has 0 aliphatic carbocycles. The summed E-state index contributed by atoms with van der Waals surface area (Å²) in [6.07, 6.45) is 0.788. The first kappa shape index (κ1) is 14.8. The summed E-state index contributed by atoms with van der Waals surface area (Å²) >= 11 is 0. The maximum absolute atomic E-state index is 8.99. The fraction of sp³-hybridized carbons (Fsp3) is 1.00. The highest BCUT2D eigenvalue weighted by Crippen LogP contribution is 2.16. The molecule has 0 amide bonds. The lowest BCUT2D eigenvalue weighted by atomic mass is 10.1. The molecule has 0 aromatic heterocycles. The van der Waals surface area contributed by atoms with Gasteiger partial charge in [0.2, 0.25) is 0 Å². The number of hydrogen-bond donors (Lipinski definition) is 2. The molecule has 0 saturated heterocycles. The Labute approximate surface area is 92.7 Å². The zero-order chi connectivity index (χ0) is 11.9. The second-order valence-corrected chi connectivity index (χ2v) is 4.91. The highest BCUT2D eigenvalue weighted by atomic mass is 16.5. The Morgan fingerprint density at radius 1 is 1.00 bits per heavy atom. The molecule has 92 valence electrons. The third-order valence-corrected chi connectivity index (χ3v) is 2.19. The van der Waals surface area contributed by atoms with E-state index in [1.165, 1.54) is 0 Å². The smallest absolute Gasteiger partial charge is 0.0856 e. The molecule has 15 heavy (non-hydrogen) atoms. The Morgan fingerprint density at radius 2 is 1.53 bits per heavy atom. The maximum Gasteiger partial charge on any atom is 0.0856 e. The van der Waals surface area contributed by atoms with Crippen molar-refractivity contribution in [2.45, 2.75) is 45.3 Å². The van der Waals surface area contributed by atoms with Crippen LogP contribution in [0.4, 0.5) is 0 Å². The topological polar surface area (TPSA) is 64.7 Å². The van der Waals surface area contributed by atoms with E-state index in [1.807, 2.05) is 27.7 Å². The van der Waals surface area contributed by atoms with Gasteiger partial charge >= 0.3 is 0 Å². The highest BCUT2D eigenvalue weighted by molar-refractivity contribution is 4.71. The molecule has 0 bridgehead atoms. The van der Waals surface area contributed by atoms with Crippen LogP contribution in [0, 0.1) is 0 Å². The van der Waals surface area contributed by atoms with Crippen LogP contribution in [0.2, 0.25) is 0 Å². The summed E-state index contributed by atoms with van der Waals surface area (Å²) in [4.78, 5) is 0. The van der Waals surface area contributed by atoms with Crippen molar-refractivity contribution in [3.05, 3.63) is 0 Å². The van der Waals surface area contributed by atoms with E-state index in [-0.39, 0.29) is 12.2 Å². The number of nitrogens with two attached hydrogens (primary N) is 1. The van der Waals surface area contributed by atoms with Crippen LogP contribution < -0.4 is 5.73 Å². The Kier molecular flexibility index (Phi) is 6.36. The summed E-state index contributed by atoms with van der Waals surface area (Å²) < 4.78 is 11.1. The number of hydrogen-bond acceptors (Lipinski definition) is 4. The number of aliphatic hydroxyl groups excluding tert-OH is 1. The molecule has 3 N–H and O–H groups in total. The average molecular weight is 219 g/mol. The molecule has 0 saturated carbocycles. The van der Waals surface area contributed by atoms with Crippen molar-refractivity contribution < 1.29 is 14.6 Å². The third-order valence-electron chi connectivity index (χ3n) is 2.19. The van der Waals surface area contributed by atoms with Gasteiger partial charge < -0.3 is 20.3 Å². The van der Waals surface area contributed by atoms with Crippen molar-refractivity contribution in [3.8, 4) is 0 Å². The van der Waals surface area contributed by atoms with Gasteiger partial charge in [-0.2, -0.15) is 0 Å². The summed E-state index contributed by atoms with van der Waals surface area (Å²) in [7, 11) is 0. The average Bonchev–Trinajstić information content (AvgIpc) is 2.14. The molecular formula is C11H25NO3. The molecule has 0 spiro atoms. The molecule has 0 radical (unpaired) electrons. The fourth-order valence-electron chi connectivity index (χ4n) is 1.03. The first-order valence-corrected chi connectivity index (χ1v) is 5.42. The van der Waals surface area contributed by atoms with E-state index in [4.69, 9.17) is 20.3 Å². The third kappa shape index (κ3) is 7.73. The molecule has 0 unspecified atom stereocenters. The number of rotatable bonds is 8. The van der Waals surface area contributed by atoms with Crippen LogP contribution in [0.3, 0.4) is 0 Å². The van der Waals surface area contributed by atoms with E-state index >= 15 is 0 Å². The van der Waals surface area contributed by atoms with Crippen molar-refractivity contribution in [1.29, 1.82) is 0 Å². The lowest BCUT2D eigenvalue weighted by molar-refractivity contribution is -0.0865. The van der Waals surface area contributed by atoms with Gasteiger partial charge in [0.25, 0.3) is 0 Å². The van der Waals surface area contributed by atoms with Crippen LogP contribution in [0.1, 0.15) is 34.1 Å². The Hall–Kier alpha value is -0.160. The normalized spacial score (nSPS) is 13.2. The van der Waals surface area contributed by atoms with Gasteiger partial charge in [-0.05, 0) is 34.1 Å². The summed E-state index contributed by atoms with van der Waals surface area (Å²) in [5.74, 6) is 0. The molecule has 0 heterocycles. The van der Waals surface area contributed by atoms with Gasteiger partial charge in [-0.1, -0.05) is 0 Å². The zero-order valence-corrected chi connectivity index (χ0v) is 10.4. The van der Waals surface area contributed by atoms with E-state index in [1.54, 1.807) is 0 Å². The minimum absolute atomic E-state index is 0.0249. The van der Waals surface area contributed by atoms with Crippen molar-refractivity contribution in [2.24, 2.45) is 5.73 Å². The van der Waals surface area contributed by atoms with Gasteiger partial charge in [-0.3, -0.25) is 0 Å². The highest BCUT2D eigenvalue weighted by Gasteiger charge is 2.21. The molecule has 0 aliphatic heterocycles. The van der Waals surface area contributed by atoms with Gasteiger partial charge in [0, 0.05) is 6.54 Å². The Balaban J connectivity index is 3.74. The van der Waals surface area contributed by atoms with Crippen LogP contribution >= 0.6 is 0 Å². The van der Waals surface area contributed by atoms with E-state index in [2.05, 4.69) is 0 Å². The first-order chi connectivity index (χ1) is 6.83. The molecule has 0 aliphatic rings. The van der Waals surface area contributed by atoms with E-state index in [0.29, 0.717) is 19.8 Å². The lowest BCUT2D eigenvalue weighted by Crippen LogP contribution is -2.33. The van der Waals surface area contributed by atoms with E-state index in [9.17, 15) is 0 Å². The quantitative estimate of drug-likeness (QED) is 0.637. The van der Waals surface area contributed by atoms with Crippen LogP contribution in [0.5, 0.6) is 0 Å². The second-order valence-electron chi connectivity index (χ2n) is 4.91. The van der Waals surface area contributed by atoms with Crippen molar-refractivity contribution in [3.63, 3.8) is 0 Å². The molecule has 0 aromatic carbocycles. The monoisotopic (exact) mass is 219 g/mol. The summed E-state index contributed by atoms with van der Waals surface area (Å²) in [5.41, 5.74) is 4.68. The predicted octanol–water partition coefficient (Wildman–Crippen LogP) is 0.918. The Morgan fingerprint density at radius 3 is 2.00 bits per heavy atom. The molecular weight excluding hydrogens is 194 g/mol. The van der Waals surface area contributed by atoms with Crippen molar-refractivity contribution in [2.75, 3.05) is 26.4 Å². The number of ether oxygens (including phenoxy) is 2. The largest absolute Gasteiger partial charge is 0.393 e. The van der Waals surface area contributed by atoms with Crippen LogP contribution in [0.15, 0.2) is 0 Å². The predicted molar refractivity (Wildman–Crippen MR) is 60.8 cm³/mol. The number of aliphatic hydroxyl groups is 1. The molecule has 4 heteroatoms. The first-order valence-electron chi connectivity index (χ1n) is 5.42. The molecule has 0 atom stereocenters. The second kappa shape index (κ2) is 6.43. The summed E-state index contributed by atoms with van der Waals surface area (Å²) in [6.45, 7) is 9.45. The minimum Gasteiger partial charge on any atom is -0.393 e. The van der Waals surface area contributed by atoms with E-state index in [0.717, 1.165) is 6.42 Å². The maximum atomic E-state index is 8.99. The van der Waals surface area contributed by atoms with Gasteiger partial charge in [-0.25, -0.2) is 0 Å². The van der Waals surface area contributed by atoms with Crippen LogP contribution in [-0.4, -0.2) is 42.7 Å². The van der Waals surface area contributed by atoms with Crippen LogP contribution in [0.25, 0.3) is 0 Å². The Bertz CT molecular complexity index is 169. The summed E-state index contributed by atoms with van der Waals surface area (Å²) in [6, 6.07) is 0. The van der Waals surface area contributed by atoms with Crippen LogP contribution in [-0.2, 0) is 9.47 Å². The SMILES string of the molecule is CC(C)(CO)OCCC(C)(C)OCCN. The van der Waals surface area contributed by atoms with Crippen molar-refractivity contribution >= 4 is 0 Å². The molecule has 0 rings (SSSR count). The molecule has 4 nitrogen and oxygen atoms in total. The zero-order valence-electron chi connectivity index (χ0n) is 10.4. The summed E-state index contributed by atoms with van der Waals surface area (Å²) in [5, 5.41) is 8.99. The van der Waals surface area contributed by atoms with Gasteiger partial charge in [0.05, 0.1) is 31.0 Å². The molecule has 0 fully saturated rings. The minimum atomic E-state index is -0.468. The van der Waals surface area contributed by atoms with Gasteiger partial charge in [0.15, 0.2) is 0 Å². The van der Waals surface area contributed by atoms with Crippen molar-refractivity contribution in [1.82, 2.24) is 0 Å². The standard InChI is InChI=1S/C11H25NO3/c1-10(2,15-8-6-12)5-7-14-11(3,4)9-13/h13H,5-9,12H2,1-4H3. The van der Waals surface area contributed by atoms with E-state index < -0.39 is 5.60 Å². The van der Waals surface area contributed by atoms with Gasteiger partial charge in [-0.15, -0.1) is 0 Å². The van der Waals surface area contributed by atoms with Gasteiger partial charge in [0.1, 0.15) is 0 Å². The molecule has 0 aromatic rings.